The maximum Gasteiger partial charge on any atom is 0.165 e. The van der Waals surface area contributed by atoms with Crippen LogP contribution in [-0.4, -0.2) is 23.8 Å². The molecule has 1 aromatic heterocycles. The number of hydrogen-bond donors (Lipinski definition) is 0. The van der Waals surface area contributed by atoms with Crippen LogP contribution in [0.2, 0.25) is 0 Å². The molecule has 18 heavy (non-hydrogen) atoms. The van der Waals surface area contributed by atoms with Crippen molar-refractivity contribution in [2.24, 2.45) is 0 Å². The Morgan fingerprint density at radius 1 is 1.17 bits per heavy atom. The van der Waals surface area contributed by atoms with E-state index < -0.39 is 5.82 Å². The van der Waals surface area contributed by atoms with Gasteiger partial charge in [-0.2, -0.15) is 0 Å². The number of hydrogen-bond acceptors (Lipinski definition) is 2. The van der Waals surface area contributed by atoms with Crippen LogP contribution in [0.1, 0.15) is 5.69 Å². The molecule has 0 aliphatic carbocycles. The molecule has 94 valence electrons. The van der Waals surface area contributed by atoms with E-state index in [0.717, 1.165) is 5.69 Å². The van der Waals surface area contributed by atoms with Gasteiger partial charge in [0.2, 0.25) is 0 Å². The molecule has 0 saturated heterocycles. The van der Waals surface area contributed by atoms with Crippen molar-refractivity contribution in [2.75, 3.05) is 0 Å². The summed E-state index contributed by atoms with van der Waals surface area (Å²) in [5.41, 5.74) is 1.18. The molecular formula is C12H13BFNO3. The zero-order chi connectivity index (χ0) is 11.5. The van der Waals surface area contributed by atoms with Gasteiger partial charge in [0.05, 0.1) is 0 Å². The molecule has 2 aromatic rings. The number of aromatic nitrogens is 1. The molecule has 4 nitrogen and oxygen atoms in total. The van der Waals surface area contributed by atoms with Crippen molar-refractivity contribution in [3.8, 4) is 11.5 Å². The summed E-state index contributed by atoms with van der Waals surface area (Å²) in [5, 5.41) is 0. The molecule has 0 aliphatic rings. The van der Waals surface area contributed by atoms with E-state index in [1.807, 2.05) is 6.92 Å². The minimum Gasteiger partial charge on any atom is -0.454 e. The first-order valence-corrected chi connectivity index (χ1v) is 4.81. The topological polar surface area (TPSA) is 85.1 Å². The van der Waals surface area contributed by atoms with E-state index in [2.05, 4.69) is 4.98 Å². The second-order valence-electron chi connectivity index (χ2n) is 3.42. The second kappa shape index (κ2) is 6.73. The molecule has 0 atom stereocenters. The maximum atomic E-state index is 13.4. The minimum absolute atomic E-state index is 0. The Bertz CT molecular complexity index is 522. The highest BCUT2D eigenvalue weighted by Gasteiger charge is 2.04. The van der Waals surface area contributed by atoms with Crippen molar-refractivity contribution in [1.82, 2.24) is 4.98 Å². The molecule has 2 rings (SSSR count). The van der Waals surface area contributed by atoms with Crippen molar-refractivity contribution < 1.29 is 20.1 Å². The van der Waals surface area contributed by atoms with E-state index in [9.17, 15) is 4.39 Å². The second-order valence-corrected chi connectivity index (χ2v) is 3.42. The Morgan fingerprint density at radius 2 is 1.89 bits per heavy atom. The van der Waals surface area contributed by atoms with Crippen LogP contribution in [0.15, 0.2) is 36.5 Å². The normalized spacial score (nSPS) is 9.00. The van der Waals surface area contributed by atoms with Crippen LogP contribution >= 0.6 is 0 Å². The van der Waals surface area contributed by atoms with Gasteiger partial charge in [0, 0.05) is 18.0 Å². The Hall–Kier alpha value is -1.92. The first-order valence-electron chi connectivity index (χ1n) is 4.81. The Balaban J connectivity index is 0.00000144. The summed E-state index contributed by atoms with van der Waals surface area (Å²) in [5.74, 6) is 0.227. The predicted octanol–water partition coefficient (Wildman–Crippen LogP) is 0.466. The fraction of sp³-hybridized carbons (Fsp3) is 0.0833. The molecule has 0 fully saturated rings. The van der Waals surface area contributed by atoms with Crippen LogP contribution in [0, 0.1) is 12.7 Å². The van der Waals surface area contributed by atoms with Crippen molar-refractivity contribution in [3.05, 3.63) is 48.0 Å². The quantitative estimate of drug-likeness (QED) is 0.724. The monoisotopic (exact) mass is 249 g/mol. The van der Waals surface area contributed by atoms with Gasteiger partial charge >= 0.3 is 0 Å². The van der Waals surface area contributed by atoms with Gasteiger partial charge in [-0.05, 0) is 25.1 Å². The largest absolute Gasteiger partial charge is 0.454 e. The molecule has 4 N–H and O–H groups in total. The molecule has 1 aromatic carbocycles. The van der Waals surface area contributed by atoms with Gasteiger partial charge in [-0.15, -0.1) is 0 Å². The SMILES string of the molecule is O.O.[B]c1ccc(Oc2ccnc(C)c2)c(F)c1. The Kier molecular flexibility index (Phi) is 6.02. The number of ether oxygens (including phenoxy) is 1. The van der Waals surface area contributed by atoms with Crippen molar-refractivity contribution >= 4 is 13.3 Å². The van der Waals surface area contributed by atoms with E-state index in [1.165, 1.54) is 12.1 Å². The standard InChI is InChI=1S/C12H9BFNO.2H2O/c1-8-6-10(4-5-15-8)16-12-3-2-9(13)7-11(12)14;;/h2-7H,1H3;2*1H2. The zero-order valence-electron chi connectivity index (χ0n) is 9.77. The molecular weight excluding hydrogens is 236 g/mol. The summed E-state index contributed by atoms with van der Waals surface area (Å²) in [7, 11) is 5.44. The summed E-state index contributed by atoms with van der Waals surface area (Å²) >= 11 is 0. The predicted molar refractivity (Wildman–Crippen MR) is 68.1 cm³/mol. The third-order valence-electron chi connectivity index (χ3n) is 2.05. The van der Waals surface area contributed by atoms with Crippen LogP contribution in [0.5, 0.6) is 11.5 Å². The van der Waals surface area contributed by atoms with Crippen LogP contribution in [-0.2, 0) is 0 Å². The Morgan fingerprint density at radius 3 is 2.50 bits per heavy atom. The van der Waals surface area contributed by atoms with Crippen LogP contribution < -0.4 is 10.2 Å². The lowest BCUT2D eigenvalue weighted by molar-refractivity contribution is 0.442. The minimum atomic E-state index is -0.477. The summed E-state index contributed by atoms with van der Waals surface area (Å²) in [6.45, 7) is 1.84. The van der Waals surface area contributed by atoms with Gasteiger partial charge < -0.3 is 15.7 Å². The molecule has 0 aliphatic heterocycles. The van der Waals surface area contributed by atoms with E-state index in [0.29, 0.717) is 11.2 Å². The summed E-state index contributed by atoms with van der Waals surface area (Å²) < 4.78 is 18.8. The number of nitrogens with zero attached hydrogens (tertiary/aromatic N) is 1. The molecule has 0 saturated carbocycles. The molecule has 0 bridgehead atoms. The maximum absolute atomic E-state index is 13.4. The molecule has 1 heterocycles. The average molecular weight is 249 g/mol. The molecule has 6 heteroatoms. The van der Waals surface area contributed by atoms with E-state index in [1.54, 1.807) is 24.4 Å². The smallest absolute Gasteiger partial charge is 0.165 e. The molecule has 2 radical (unpaired) electrons. The summed E-state index contributed by atoms with van der Waals surface area (Å²) in [6.07, 6.45) is 1.61. The first-order chi connectivity index (χ1) is 7.65. The lowest BCUT2D eigenvalue weighted by Gasteiger charge is -2.07. The van der Waals surface area contributed by atoms with Gasteiger partial charge in [0.1, 0.15) is 13.6 Å². The summed E-state index contributed by atoms with van der Waals surface area (Å²) in [4.78, 5) is 4.02. The zero-order valence-corrected chi connectivity index (χ0v) is 9.77. The van der Waals surface area contributed by atoms with Gasteiger partial charge in [-0.3, -0.25) is 4.98 Å². The number of aryl methyl sites for hydroxylation is 1. The van der Waals surface area contributed by atoms with Gasteiger partial charge in [-0.25, -0.2) is 4.39 Å². The fourth-order valence-electron chi connectivity index (χ4n) is 1.31. The van der Waals surface area contributed by atoms with E-state index in [-0.39, 0.29) is 16.7 Å². The highest BCUT2D eigenvalue weighted by atomic mass is 19.1. The third-order valence-corrected chi connectivity index (χ3v) is 2.05. The number of halogens is 1. The first kappa shape index (κ1) is 16.1. The number of rotatable bonds is 2. The highest BCUT2D eigenvalue weighted by Crippen LogP contribution is 2.23. The van der Waals surface area contributed by atoms with Gasteiger partial charge in [0.25, 0.3) is 0 Å². The number of benzene rings is 1. The third kappa shape index (κ3) is 3.83. The lowest BCUT2D eigenvalue weighted by atomic mass is 9.96. The van der Waals surface area contributed by atoms with Crippen molar-refractivity contribution in [3.63, 3.8) is 0 Å². The summed E-state index contributed by atoms with van der Waals surface area (Å²) in [6, 6.07) is 7.72. The lowest BCUT2D eigenvalue weighted by Crippen LogP contribution is -2.02. The molecule has 0 unspecified atom stereocenters. The molecule has 0 spiro atoms. The fourth-order valence-corrected chi connectivity index (χ4v) is 1.31. The van der Waals surface area contributed by atoms with Gasteiger partial charge in [-0.1, -0.05) is 11.5 Å². The van der Waals surface area contributed by atoms with E-state index in [4.69, 9.17) is 12.6 Å². The number of pyridine rings is 1. The van der Waals surface area contributed by atoms with Crippen LogP contribution in [0.25, 0.3) is 0 Å². The van der Waals surface area contributed by atoms with E-state index >= 15 is 0 Å². The van der Waals surface area contributed by atoms with Crippen molar-refractivity contribution in [1.29, 1.82) is 0 Å². The Labute approximate surface area is 105 Å². The average Bonchev–Trinajstić information content (AvgIpc) is 2.22. The van der Waals surface area contributed by atoms with Gasteiger partial charge in [0.15, 0.2) is 11.6 Å². The van der Waals surface area contributed by atoms with Crippen LogP contribution in [0.4, 0.5) is 4.39 Å². The highest BCUT2D eigenvalue weighted by molar-refractivity contribution is 6.32. The van der Waals surface area contributed by atoms with Crippen LogP contribution in [0.3, 0.4) is 0 Å². The van der Waals surface area contributed by atoms with Crippen molar-refractivity contribution in [2.45, 2.75) is 6.92 Å². The molecule has 0 amide bonds.